The van der Waals surface area contributed by atoms with E-state index >= 15 is 0 Å². The molecule has 0 amide bonds. The van der Waals surface area contributed by atoms with Crippen molar-refractivity contribution in [3.05, 3.63) is 28.8 Å². The summed E-state index contributed by atoms with van der Waals surface area (Å²) in [7, 11) is 0. The minimum atomic E-state index is 0.396. The molecule has 1 aromatic carbocycles. The molecule has 2 nitrogen and oxygen atoms in total. The van der Waals surface area contributed by atoms with Crippen LogP contribution in [0, 0.1) is 5.92 Å². The highest BCUT2D eigenvalue weighted by Crippen LogP contribution is 2.34. The van der Waals surface area contributed by atoms with Crippen molar-refractivity contribution in [2.45, 2.75) is 32.1 Å². The summed E-state index contributed by atoms with van der Waals surface area (Å²) >= 11 is 6.05. The monoisotopic (exact) mass is 253 g/mol. The van der Waals surface area contributed by atoms with Gasteiger partial charge in [-0.1, -0.05) is 18.5 Å². The number of hydrogen-bond acceptors (Lipinski definition) is 2. The van der Waals surface area contributed by atoms with E-state index in [0.29, 0.717) is 12.5 Å². The summed E-state index contributed by atoms with van der Waals surface area (Å²) in [4.78, 5) is 0. The fourth-order valence-electron chi connectivity index (χ4n) is 1.93. The van der Waals surface area contributed by atoms with Gasteiger partial charge in [0.2, 0.25) is 0 Å². The Labute approximate surface area is 108 Å². The van der Waals surface area contributed by atoms with Gasteiger partial charge in [-0.2, -0.15) is 0 Å². The molecule has 2 N–H and O–H groups in total. The topological polar surface area (TPSA) is 35.2 Å². The van der Waals surface area contributed by atoms with Crippen LogP contribution in [0.2, 0.25) is 5.02 Å². The minimum Gasteiger partial charge on any atom is -0.493 e. The van der Waals surface area contributed by atoms with Gasteiger partial charge in [-0.05, 0) is 61.4 Å². The standard InChI is InChI=1S/C14H20ClNO/c1-10(6-7-16)13-8-12(15)4-5-14(13)17-9-11-2-3-11/h4-5,8,10-11H,2-3,6-7,9,16H2,1H3. The number of nitrogens with two attached hydrogens (primary N) is 1. The first-order valence-corrected chi connectivity index (χ1v) is 6.71. The van der Waals surface area contributed by atoms with Crippen LogP contribution < -0.4 is 10.5 Å². The van der Waals surface area contributed by atoms with Crippen LogP contribution in [-0.4, -0.2) is 13.2 Å². The lowest BCUT2D eigenvalue weighted by molar-refractivity contribution is 0.295. The minimum absolute atomic E-state index is 0.396. The van der Waals surface area contributed by atoms with Crippen molar-refractivity contribution in [1.82, 2.24) is 0 Å². The molecular formula is C14H20ClNO. The Hall–Kier alpha value is -0.730. The van der Waals surface area contributed by atoms with Crippen molar-refractivity contribution in [2.75, 3.05) is 13.2 Å². The average Bonchev–Trinajstić information content (AvgIpc) is 3.11. The molecule has 2 rings (SSSR count). The molecule has 1 aromatic rings. The van der Waals surface area contributed by atoms with Crippen molar-refractivity contribution in [3.8, 4) is 5.75 Å². The molecule has 0 bridgehead atoms. The third kappa shape index (κ3) is 3.62. The molecule has 94 valence electrons. The van der Waals surface area contributed by atoms with Gasteiger partial charge in [-0.3, -0.25) is 0 Å². The quantitative estimate of drug-likeness (QED) is 0.841. The number of benzene rings is 1. The van der Waals surface area contributed by atoms with Crippen molar-refractivity contribution >= 4 is 11.6 Å². The molecule has 0 aromatic heterocycles. The Morgan fingerprint density at radius 2 is 2.24 bits per heavy atom. The van der Waals surface area contributed by atoms with Gasteiger partial charge in [0.05, 0.1) is 6.61 Å². The second-order valence-corrected chi connectivity index (χ2v) is 5.35. The van der Waals surface area contributed by atoms with Gasteiger partial charge in [0.25, 0.3) is 0 Å². The smallest absolute Gasteiger partial charge is 0.122 e. The Balaban J connectivity index is 2.10. The summed E-state index contributed by atoms with van der Waals surface area (Å²) in [5.41, 5.74) is 6.80. The number of ether oxygens (including phenoxy) is 1. The van der Waals surface area contributed by atoms with Crippen LogP contribution in [0.4, 0.5) is 0 Å². The van der Waals surface area contributed by atoms with Crippen LogP contribution in [0.15, 0.2) is 18.2 Å². The summed E-state index contributed by atoms with van der Waals surface area (Å²) in [5.74, 6) is 2.14. The van der Waals surface area contributed by atoms with Crippen LogP contribution >= 0.6 is 11.6 Å². The Morgan fingerprint density at radius 1 is 1.47 bits per heavy atom. The molecule has 1 unspecified atom stereocenters. The van der Waals surface area contributed by atoms with E-state index in [1.165, 1.54) is 18.4 Å². The van der Waals surface area contributed by atoms with E-state index in [1.807, 2.05) is 18.2 Å². The number of halogens is 1. The fourth-order valence-corrected chi connectivity index (χ4v) is 2.11. The first-order chi connectivity index (χ1) is 8.20. The van der Waals surface area contributed by atoms with Crippen molar-refractivity contribution in [3.63, 3.8) is 0 Å². The molecule has 0 saturated heterocycles. The van der Waals surface area contributed by atoms with Crippen LogP contribution in [0.25, 0.3) is 0 Å². The van der Waals surface area contributed by atoms with E-state index < -0.39 is 0 Å². The summed E-state index contributed by atoms with van der Waals surface area (Å²) in [6, 6.07) is 5.87. The van der Waals surface area contributed by atoms with Crippen LogP contribution in [0.5, 0.6) is 5.75 Å². The normalized spacial score (nSPS) is 16.9. The summed E-state index contributed by atoms with van der Waals surface area (Å²) in [5, 5.41) is 0.766. The van der Waals surface area contributed by atoms with Gasteiger partial charge in [0.15, 0.2) is 0 Å². The number of rotatable bonds is 6. The second-order valence-electron chi connectivity index (χ2n) is 4.91. The maximum absolute atomic E-state index is 6.05. The third-order valence-corrected chi connectivity index (χ3v) is 3.51. The van der Waals surface area contributed by atoms with E-state index in [2.05, 4.69) is 6.92 Å². The molecule has 0 spiro atoms. The lowest BCUT2D eigenvalue weighted by Gasteiger charge is -2.16. The molecule has 0 aliphatic heterocycles. The number of hydrogen-bond donors (Lipinski definition) is 1. The Morgan fingerprint density at radius 3 is 2.88 bits per heavy atom. The lowest BCUT2D eigenvalue weighted by atomic mass is 9.97. The zero-order valence-corrected chi connectivity index (χ0v) is 11.0. The van der Waals surface area contributed by atoms with Crippen LogP contribution in [-0.2, 0) is 0 Å². The van der Waals surface area contributed by atoms with Gasteiger partial charge in [0.1, 0.15) is 5.75 Å². The molecule has 1 atom stereocenters. The molecule has 1 aliphatic rings. The second kappa shape index (κ2) is 5.74. The average molecular weight is 254 g/mol. The Bertz CT molecular complexity index is 376. The fraction of sp³-hybridized carbons (Fsp3) is 0.571. The van der Waals surface area contributed by atoms with Gasteiger partial charge in [-0.15, -0.1) is 0 Å². The van der Waals surface area contributed by atoms with E-state index in [0.717, 1.165) is 29.7 Å². The zero-order valence-electron chi connectivity index (χ0n) is 10.3. The van der Waals surface area contributed by atoms with Gasteiger partial charge in [0, 0.05) is 5.02 Å². The van der Waals surface area contributed by atoms with E-state index in [-0.39, 0.29) is 0 Å². The van der Waals surface area contributed by atoms with Gasteiger partial charge < -0.3 is 10.5 Å². The largest absolute Gasteiger partial charge is 0.493 e. The predicted octanol–water partition coefficient (Wildman–Crippen LogP) is 3.58. The summed E-state index contributed by atoms with van der Waals surface area (Å²) < 4.78 is 5.88. The van der Waals surface area contributed by atoms with Crippen molar-refractivity contribution in [2.24, 2.45) is 11.7 Å². The highest BCUT2D eigenvalue weighted by Gasteiger charge is 2.22. The van der Waals surface area contributed by atoms with Gasteiger partial charge in [-0.25, -0.2) is 0 Å². The maximum atomic E-state index is 6.05. The molecule has 1 aliphatic carbocycles. The first kappa shape index (κ1) is 12.7. The molecular weight excluding hydrogens is 234 g/mol. The predicted molar refractivity (Wildman–Crippen MR) is 71.8 cm³/mol. The molecule has 3 heteroatoms. The van der Waals surface area contributed by atoms with Crippen molar-refractivity contribution in [1.29, 1.82) is 0 Å². The molecule has 0 heterocycles. The summed E-state index contributed by atoms with van der Waals surface area (Å²) in [6.07, 6.45) is 3.57. The van der Waals surface area contributed by atoms with Crippen LogP contribution in [0.3, 0.4) is 0 Å². The molecule has 0 radical (unpaired) electrons. The highest BCUT2D eigenvalue weighted by atomic mass is 35.5. The summed E-state index contributed by atoms with van der Waals surface area (Å²) in [6.45, 7) is 3.70. The third-order valence-electron chi connectivity index (χ3n) is 3.27. The van der Waals surface area contributed by atoms with E-state index in [1.54, 1.807) is 0 Å². The Kier molecular flexibility index (Phi) is 4.30. The SMILES string of the molecule is CC(CCN)c1cc(Cl)ccc1OCC1CC1. The molecule has 1 saturated carbocycles. The lowest BCUT2D eigenvalue weighted by Crippen LogP contribution is -2.07. The first-order valence-electron chi connectivity index (χ1n) is 6.33. The van der Waals surface area contributed by atoms with Gasteiger partial charge >= 0.3 is 0 Å². The zero-order chi connectivity index (χ0) is 12.3. The highest BCUT2D eigenvalue weighted by molar-refractivity contribution is 6.30. The van der Waals surface area contributed by atoms with Crippen LogP contribution in [0.1, 0.15) is 37.7 Å². The van der Waals surface area contributed by atoms with Crippen molar-refractivity contribution < 1.29 is 4.74 Å². The van der Waals surface area contributed by atoms with E-state index in [9.17, 15) is 0 Å². The maximum Gasteiger partial charge on any atom is 0.122 e. The molecule has 1 fully saturated rings. The van der Waals surface area contributed by atoms with E-state index in [4.69, 9.17) is 22.1 Å². The molecule has 17 heavy (non-hydrogen) atoms.